The SMILES string of the molecule is COc1ccc(C#CCCO)c(Cn2ccccc2=O)c1. The Hall–Kier alpha value is -2.51. The number of hydrogen-bond acceptors (Lipinski definition) is 3. The van der Waals surface area contributed by atoms with E-state index in [1.807, 2.05) is 24.3 Å². The molecule has 1 aromatic carbocycles. The lowest BCUT2D eigenvalue weighted by atomic mass is 10.1. The number of aliphatic hydroxyl groups excluding tert-OH is 1. The molecule has 0 aliphatic rings. The summed E-state index contributed by atoms with van der Waals surface area (Å²) >= 11 is 0. The molecule has 0 fully saturated rings. The standard InChI is InChI=1S/C17H17NO3/c1-21-16-9-8-14(6-3-5-11-19)15(12-16)13-18-10-4-2-7-17(18)20/h2,4,7-10,12,19H,5,11,13H2,1H3. The second-order valence-corrected chi connectivity index (χ2v) is 4.47. The molecular weight excluding hydrogens is 266 g/mol. The largest absolute Gasteiger partial charge is 0.497 e. The number of benzene rings is 1. The van der Waals surface area contributed by atoms with E-state index in [1.54, 1.807) is 23.9 Å². The first-order valence-electron chi connectivity index (χ1n) is 6.66. The molecule has 0 saturated carbocycles. The van der Waals surface area contributed by atoms with E-state index in [-0.39, 0.29) is 12.2 Å². The number of aromatic nitrogens is 1. The van der Waals surface area contributed by atoms with Gasteiger partial charge in [-0.15, -0.1) is 0 Å². The van der Waals surface area contributed by atoms with Gasteiger partial charge in [0, 0.05) is 24.2 Å². The Morgan fingerprint density at radius 3 is 2.86 bits per heavy atom. The summed E-state index contributed by atoms with van der Waals surface area (Å²) in [7, 11) is 1.60. The predicted molar refractivity (Wildman–Crippen MR) is 81.4 cm³/mol. The van der Waals surface area contributed by atoms with Crippen molar-refractivity contribution in [3.8, 4) is 17.6 Å². The van der Waals surface area contributed by atoms with Crippen LogP contribution in [0.2, 0.25) is 0 Å². The summed E-state index contributed by atoms with van der Waals surface area (Å²) in [5.74, 6) is 6.65. The third-order valence-corrected chi connectivity index (χ3v) is 3.01. The third kappa shape index (κ3) is 3.98. The van der Waals surface area contributed by atoms with Gasteiger partial charge in [-0.2, -0.15) is 0 Å². The van der Waals surface area contributed by atoms with Gasteiger partial charge in [-0.1, -0.05) is 17.9 Å². The second kappa shape index (κ2) is 7.32. The van der Waals surface area contributed by atoms with Crippen LogP contribution in [0.4, 0.5) is 0 Å². The maximum Gasteiger partial charge on any atom is 0.250 e. The van der Waals surface area contributed by atoms with Crippen LogP contribution in [0.3, 0.4) is 0 Å². The van der Waals surface area contributed by atoms with Crippen LogP contribution in [-0.2, 0) is 6.54 Å². The van der Waals surface area contributed by atoms with Gasteiger partial charge in [0.1, 0.15) is 5.75 Å². The van der Waals surface area contributed by atoms with Crippen LogP contribution in [0.5, 0.6) is 5.75 Å². The van der Waals surface area contributed by atoms with Crippen molar-refractivity contribution >= 4 is 0 Å². The summed E-state index contributed by atoms with van der Waals surface area (Å²) in [6, 6.07) is 10.6. The van der Waals surface area contributed by atoms with Gasteiger partial charge in [0.25, 0.3) is 5.56 Å². The molecule has 21 heavy (non-hydrogen) atoms. The number of hydrogen-bond donors (Lipinski definition) is 1. The Labute approximate surface area is 123 Å². The third-order valence-electron chi connectivity index (χ3n) is 3.01. The van der Waals surface area contributed by atoms with Crippen LogP contribution < -0.4 is 10.3 Å². The fraction of sp³-hybridized carbons (Fsp3) is 0.235. The van der Waals surface area contributed by atoms with Crippen LogP contribution in [-0.4, -0.2) is 23.4 Å². The molecule has 0 radical (unpaired) electrons. The van der Waals surface area contributed by atoms with Gasteiger partial charge in [-0.25, -0.2) is 0 Å². The maximum atomic E-state index is 11.8. The molecule has 0 spiro atoms. The number of aliphatic hydroxyl groups is 1. The molecule has 1 N–H and O–H groups in total. The summed E-state index contributed by atoms with van der Waals surface area (Å²) in [5.41, 5.74) is 1.68. The molecule has 4 heteroatoms. The number of methoxy groups -OCH3 is 1. The first-order chi connectivity index (χ1) is 10.2. The molecule has 0 saturated heterocycles. The van der Waals surface area contributed by atoms with E-state index >= 15 is 0 Å². The van der Waals surface area contributed by atoms with Gasteiger partial charge < -0.3 is 14.4 Å². The van der Waals surface area contributed by atoms with E-state index in [2.05, 4.69) is 11.8 Å². The lowest BCUT2D eigenvalue weighted by Gasteiger charge is -2.09. The molecule has 0 unspecified atom stereocenters. The molecule has 1 heterocycles. The van der Waals surface area contributed by atoms with Crippen molar-refractivity contribution in [1.82, 2.24) is 4.57 Å². The van der Waals surface area contributed by atoms with Crippen molar-refractivity contribution in [2.75, 3.05) is 13.7 Å². The molecule has 0 amide bonds. The van der Waals surface area contributed by atoms with Crippen LogP contribution in [0.1, 0.15) is 17.5 Å². The van der Waals surface area contributed by atoms with Crippen LogP contribution in [0.25, 0.3) is 0 Å². The highest BCUT2D eigenvalue weighted by molar-refractivity contribution is 5.45. The molecular formula is C17H17NO3. The summed E-state index contributed by atoms with van der Waals surface area (Å²) in [4.78, 5) is 11.8. The van der Waals surface area contributed by atoms with Gasteiger partial charge in [-0.3, -0.25) is 4.79 Å². The van der Waals surface area contributed by atoms with Crippen molar-refractivity contribution in [3.63, 3.8) is 0 Å². The highest BCUT2D eigenvalue weighted by Gasteiger charge is 2.04. The number of nitrogens with zero attached hydrogens (tertiary/aromatic N) is 1. The smallest absolute Gasteiger partial charge is 0.250 e. The molecule has 0 aliphatic carbocycles. The Balaban J connectivity index is 2.38. The Morgan fingerprint density at radius 2 is 2.14 bits per heavy atom. The van der Waals surface area contributed by atoms with Gasteiger partial charge in [0.05, 0.1) is 20.3 Å². The topological polar surface area (TPSA) is 51.5 Å². The minimum absolute atomic E-state index is 0.0383. The van der Waals surface area contributed by atoms with E-state index < -0.39 is 0 Å². The van der Waals surface area contributed by atoms with E-state index in [9.17, 15) is 4.79 Å². The first-order valence-corrected chi connectivity index (χ1v) is 6.66. The number of rotatable bonds is 4. The minimum atomic E-state index is -0.0606. The van der Waals surface area contributed by atoms with E-state index in [4.69, 9.17) is 9.84 Å². The number of ether oxygens (including phenoxy) is 1. The van der Waals surface area contributed by atoms with Crippen molar-refractivity contribution < 1.29 is 9.84 Å². The van der Waals surface area contributed by atoms with Gasteiger partial charge in [0.15, 0.2) is 0 Å². The van der Waals surface area contributed by atoms with Gasteiger partial charge >= 0.3 is 0 Å². The normalized spacial score (nSPS) is 9.81. The van der Waals surface area contributed by atoms with Gasteiger partial charge in [-0.05, 0) is 29.8 Å². The second-order valence-electron chi connectivity index (χ2n) is 4.47. The Morgan fingerprint density at radius 1 is 1.29 bits per heavy atom. The Bertz CT molecular complexity index is 723. The quantitative estimate of drug-likeness (QED) is 0.868. The zero-order chi connectivity index (χ0) is 15.1. The van der Waals surface area contributed by atoms with Crippen molar-refractivity contribution in [2.45, 2.75) is 13.0 Å². The maximum absolute atomic E-state index is 11.8. The first kappa shape index (κ1) is 14.9. The van der Waals surface area contributed by atoms with E-state index in [1.165, 1.54) is 6.07 Å². The summed E-state index contributed by atoms with van der Waals surface area (Å²) in [6.45, 7) is 0.469. The Kier molecular flexibility index (Phi) is 5.19. The average molecular weight is 283 g/mol. The van der Waals surface area contributed by atoms with Gasteiger partial charge in [0.2, 0.25) is 0 Å². The highest BCUT2D eigenvalue weighted by Crippen LogP contribution is 2.18. The number of pyridine rings is 1. The zero-order valence-electron chi connectivity index (χ0n) is 11.9. The molecule has 0 aliphatic heterocycles. The molecule has 4 nitrogen and oxygen atoms in total. The minimum Gasteiger partial charge on any atom is -0.497 e. The summed E-state index contributed by atoms with van der Waals surface area (Å²) in [5, 5.41) is 8.80. The van der Waals surface area contributed by atoms with Crippen molar-refractivity contribution in [1.29, 1.82) is 0 Å². The summed E-state index contributed by atoms with van der Waals surface area (Å²) < 4.78 is 6.84. The van der Waals surface area contributed by atoms with E-state index in [0.717, 1.165) is 16.9 Å². The molecule has 108 valence electrons. The fourth-order valence-corrected chi connectivity index (χ4v) is 1.94. The fourth-order valence-electron chi connectivity index (χ4n) is 1.94. The van der Waals surface area contributed by atoms with Crippen LogP contribution in [0, 0.1) is 11.8 Å². The lowest BCUT2D eigenvalue weighted by Crippen LogP contribution is -2.18. The molecule has 0 bridgehead atoms. The molecule has 1 aromatic heterocycles. The zero-order valence-corrected chi connectivity index (χ0v) is 11.9. The molecule has 0 atom stereocenters. The summed E-state index contributed by atoms with van der Waals surface area (Å²) in [6.07, 6.45) is 2.17. The van der Waals surface area contributed by atoms with Crippen molar-refractivity contribution in [2.24, 2.45) is 0 Å². The highest BCUT2D eigenvalue weighted by atomic mass is 16.5. The average Bonchev–Trinajstić information content (AvgIpc) is 2.51. The molecule has 2 aromatic rings. The lowest BCUT2D eigenvalue weighted by molar-refractivity contribution is 0.305. The molecule has 2 rings (SSSR count). The van der Waals surface area contributed by atoms with Crippen LogP contribution >= 0.6 is 0 Å². The van der Waals surface area contributed by atoms with Crippen LogP contribution in [0.15, 0.2) is 47.4 Å². The van der Waals surface area contributed by atoms with E-state index in [0.29, 0.717) is 13.0 Å². The van der Waals surface area contributed by atoms with Crippen molar-refractivity contribution in [3.05, 3.63) is 64.1 Å². The monoisotopic (exact) mass is 283 g/mol. The predicted octanol–water partition coefficient (Wildman–Crippen LogP) is 1.64.